The molecule has 0 rings (SSSR count). The molecule has 16 heavy (non-hydrogen) atoms. The largest absolute Gasteiger partial charge is 0.382 e. The lowest BCUT2D eigenvalue weighted by molar-refractivity contribution is 0.0256. The maximum atomic E-state index is 5.94. The lowest BCUT2D eigenvalue weighted by atomic mass is 10.3. The van der Waals surface area contributed by atoms with Gasteiger partial charge in [0.1, 0.15) is 0 Å². The summed E-state index contributed by atoms with van der Waals surface area (Å²) in [7, 11) is 1.66. The van der Waals surface area contributed by atoms with E-state index in [1.54, 1.807) is 7.11 Å². The van der Waals surface area contributed by atoms with Crippen molar-refractivity contribution in [1.82, 2.24) is 5.32 Å². The summed E-state index contributed by atoms with van der Waals surface area (Å²) >= 11 is 5.94. The minimum atomic E-state index is 0.220. The fourth-order valence-corrected chi connectivity index (χ4v) is 1.12. The summed E-state index contributed by atoms with van der Waals surface area (Å²) in [6.45, 7) is 6.96. The number of rotatable bonds is 12. The molecule has 0 saturated heterocycles. The Labute approximate surface area is 104 Å². The number of alkyl halides is 1. The van der Waals surface area contributed by atoms with Crippen molar-refractivity contribution >= 4 is 11.6 Å². The summed E-state index contributed by atoms with van der Waals surface area (Å²) < 4.78 is 15.4. The second kappa shape index (κ2) is 13.2. The van der Waals surface area contributed by atoms with E-state index in [0.29, 0.717) is 33.0 Å². The molecule has 98 valence electrons. The average molecular weight is 254 g/mol. The van der Waals surface area contributed by atoms with E-state index in [2.05, 4.69) is 12.2 Å². The van der Waals surface area contributed by atoms with Crippen LogP contribution < -0.4 is 5.32 Å². The highest BCUT2D eigenvalue weighted by molar-refractivity contribution is 6.20. The monoisotopic (exact) mass is 253 g/mol. The Balaban J connectivity index is 2.93. The first-order valence-corrected chi connectivity index (χ1v) is 6.24. The molecule has 0 heterocycles. The van der Waals surface area contributed by atoms with Gasteiger partial charge in [0.15, 0.2) is 0 Å². The molecule has 0 aromatic heterocycles. The van der Waals surface area contributed by atoms with Crippen LogP contribution in [0.25, 0.3) is 0 Å². The van der Waals surface area contributed by atoms with Crippen molar-refractivity contribution in [1.29, 1.82) is 0 Å². The van der Waals surface area contributed by atoms with Gasteiger partial charge in [-0.25, -0.2) is 0 Å². The van der Waals surface area contributed by atoms with Gasteiger partial charge < -0.3 is 19.5 Å². The molecule has 0 bridgehead atoms. The van der Waals surface area contributed by atoms with Crippen LogP contribution in [0.2, 0.25) is 0 Å². The Morgan fingerprint density at radius 2 is 1.69 bits per heavy atom. The van der Waals surface area contributed by atoms with Crippen molar-refractivity contribution in [3.63, 3.8) is 0 Å². The molecule has 4 nitrogen and oxygen atoms in total. The van der Waals surface area contributed by atoms with Crippen LogP contribution in [0.3, 0.4) is 0 Å². The van der Waals surface area contributed by atoms with E-state index in [0.717, 1.165) is 19.5 Å². The second-order valence-corrected chi connectivity index (χ2v) is 4.04. The molecule has 0 aliphatic rings. The van der Waals surface area contributed by atoms with Gasteiger partial charge in [0, 0.05) is 25.6 Å². The van der Waals surface area contributed by atoms with E-state index in [1.165, 1.54) is 0 Å². The van der Waals surface area contributed by atoms with E-state index in [9.17, 15) is 0 Å². The van der Waals surface area contributed by atoms with E-state index in [-0.39, 0.29) is 5.38 Å². The average Bonchev–Trinajstić information content (AvgIpc) is 2.31. The fraction of sp³-hybridized carbons (Fsp3) is 1.00. The zero-order chi connectivity index (χ0) is 12.1. The lowest BCUT2D eigenvalue weighted by Gasteiger charge is -2.09. The number of halogens is 1. The van der Waals surface area contributed by atoms with Gasteiger partial charge >= 0.3 is 0 Å². The van der Waals surface area contributed by atoms with Crippen molar-refractivity contribution in [3.05, 3.63) is 0 Å². The molecule has 0 aromatic carbocycles. The van der Waals surface area contributed by atoms with E-state index >= 15 is 0 Å². The fourth-order valence-electron chi connectivity index (χ4n) is 1.01. The highest BCUT2D eigenvalue weighted by atomic mass is 35.5. The maximum absolute atomic E-state index is 5.94. The van der Waals surface area contributed by atoms with Crippen LogP contribution in [0.5, 0.6) is 0 Å². The molecule has 1 atom stereocenters. The summed E-state index contributed by atoms with van der Waals surface area (Å²) in [5.41, 5.74) is 0. The Morgan fingerprint density at radius 3 is 2.31 bits per heavy atom. The molecule has 0 aliphatic heterocycles. The topological polar surface area (TPSA) is 39.7 Å². The Bertz CT molecular complexity index is 138. The molecule has 0 saturated carbocycles. The quantitative estimate of drug-likeness (QED) is 0.420. The zero-order valence-electron chi connectivity index (χ0n) is 10.3. The van der Waals surface area contributed by atoms with Gasteiger partial charge in [-0.15, -0.1) is 11.6 Å². The third-order valence-electron chi connectivity index (χ3n) is 2.04. The SMILES string of the molecule is CCC(Cl)CNCCOCCOCCOC. The van der Waals surface area contributed by atoms with Gasteiger partial charge in [0.05, 0.1) is 33.0 Å². The lowest BCUT2D eigenvalue weighted by Crippen LogP contribution is -2.26. The highest BCUT2D eigenvalue weighted by Gasteiger charge is 1.98. The van der Waals surface area contributed by atoms with Crippen molar-refractivity contribution in [2.24, 2.45) is 0 Å². The molecule has 0 amide bonds. The minimum Gasteiger partial charge on any atom is -0.382 e. The van der Waals surface area contributed by atoms with Crippen molar-refractivity contribution in [2.45, 2.75) is 18.7 Å². The van der Waals surface area contributed by atoms with Crippen LogP contribution >= 0.6 is 11.6 Å². The molecule has 0 aliphatic carbocycles. The Hall–Kier alpha value is 0.130. The number of hydrogen-bond acceptors (Lipinski definition) is 4. The maximum Gasteiger partial charge on any atom is 0.0701 e. The molecule has 5 heteroatoms. The van der Waals surface area contributed by atoms with Crippen molar-refractivity contribution < 1.29 is 14.2 Å². The minimum absolute atomic E-state index is 0.220. The van der Waals surface area contributed by atoms with Crippen molar-refractivity contribution in [3.8, 4) is 0 Å². The first-order chi connectivity index (χ1) is 7.81. The van der Waals surface area contributed by atoms with Crippen LogP contribution in [0, 0.1) is 0 Å². The molecule has 0 spiro atoms. The van der Waals surface area contributed by atoms with E-state index in [1.807, 2.05) is 0 Å². The predicted molar refractivity (Wildman–Crippen MR) is 66.3 cm³/mol. The predicted octanol–water partition coefficient (Wildman–Crippen LogP) is 1.27. The third-order valence-corrected chi connectivity index (χ3v) is 2.50. The van der Waals surface area contributed by atoms with Gasteiger partial charge in [-0.05, 0) is 6.42 Å². The van der Waals surface area contributed by atoms with E-state index < -0.39 is 0 Å². The number of hydrogen-bond donors (Lipinski definition) is 1. The van der Waals surface area contributed by atoms with Crippen LogP contribution in [-0.2, 0) is 14.2 Å². The van der Waals surface area contributed by atoms with Gasteiger partial charge in [-0.1, -0.05) is 6.92 Å². The normalized spacial score (nSPS) is 12.9. The molecule has 1 unspecified atom stereocenters. The molecule has 0 fully saturated rings. The molecule has 1 N–H and O–H groups in total. The first kappa shape index (κ1) is 16.1. The Kier molecular flexibility index (Phi) is 13.3. The van der Waals surface area contributed by atoms with Crippen LogP contribution in [-0.4, -0.2) is 58.6 Å². The third kappa shape index (κ3) is 12.2. The first-order valence-electron chi connectivity index (χ1n) is 5.80. The van der Waals surface area contributed by atoms with Gasteiger partial charge in [-0.2, -0.15) is 0 Å². The molecular weight excluding hydrogens is 230 g/mol. The van der Waals surface area contributed by atoms with Crippen LogP contribution in [0.4, 0.5) is 0 Å². The molecule has 0 aromatic rings. The summed E-state index contributed by atoms with van der Waals surface area (Å²) in [5.74, 6) is 0. The smallest absolute Gasteiger partial charge is 0.0701 e. The second-order valence-electron chi connectivity index (χ2n) is 3.43. The van der Waals surface area contributed by atoms with Crippen molar-refractivity contribution in [2.75, 3.05) is 53.2 Å². The number of ether oxygens (including phenoxy) is 3. The van der Waals surface area contributed by atoms with Gasteiger partial charge in [0.2, 0.25) is 0 Å². The molecule has 0 radical (unpaired) electrons. The molecular formula is C11H24ClNO3. The summed E-state index contributed by atoms with van der Waals surface area (Å²) in [5, 5.41) is 3.45. The van der Waals surface area contributed by atoms with Gasteiger partial charge in [0.25, 0.3) is 0 Å². The highest BCUT2D eigenvalue weighted by Crippen LogP contribution is 1.97. The van der Waals surface area contributed by atoms with Crippen LogP contribution in [0.1, 0.15) is 13.3 Å². The number of nitrogens with one attached hydrogen (secondary N) is 1. The zero-order valence-corrected chi connectivity index (χ0v) is 11.1. The summed E-state index contributed by atoms with van der Waals surface area (Å²) in [6, 6.07) is 0. The summed E-state index contributed by atoms with van der Waals surface area (Å²) in [6.07, 6.45) is 0.989. The van der Waals surface area contributed by atoms with Gasteiger partial charge in [-0.3, -0.25) is 0 Å². The standard InChI is InChI=1S/C11H24ClNO3/c1-3-11(12)10-13-4-5-15-8-9-16-7-6-14-2/h11,13H,3-10H2,1-2H3. The Morgan fingerprint density at radius 1 is 1.06 bits per heavy atom. The number of methoxy groups -OCH3 is 1. The summed E-state index contributed by atoms with van der Waals surface area (Å²) in [4.78, 5) is 0. The van der Waals surface area contributed by atoms with Crippen LogP contribution in [0.15, 0.2) is 0 Å². The van der Waals surface area contributed by atoms with E-state index in [4.69, 9.17) is 25.8 Å².